The fraction of sp³-hybridized carbons (Fsp3) is 0.304. The predicted octanol–water partition coefficient (Wildman–Crippen LogP) is 2.90. The summed E-state index contributed by atoms with van der Waals surface area (Å²) in [6.07, 6.45) is 5.66. The number of aromatic nitrogens is 5. The Bertz CT molecular complexity index is 1370. The largest absolute Gasteiger partial charge is 0.362 e. The first-order valence-corrected chi connectivity index (χ1v) is 10.7. The maximum absolute atomic E-state index is 14.7. The summed E-state index contributed by atoms with van der Waals surface area (Å²) in [5.41, 5.74) is 6.12. The summed E-state index contributed by atoms with van der Waals surface area (Å²) >= 11 is 0. The normalized spacial score (nSPS) is 20.1. The van der Waals surface area contributed by atoms with Gasteiger partial charge in [-0.25, -0.2) is 8.91 Å². The number of hydrogen-bond acceptors (Lipinski definition) is 6. The van der Waals surface area contributed by atoms with E-state index in [0.717, 1.165) is 17.8 Å². The smallest absolute Gasteiger partial charge is 0.171 e. The second-order valence-electron chi connectivity index (χ2n) is 8.43. The topological polar surface area (TPSA) is 87.1 Å². The highest BCUT2D eigenvalue weighted by molar-refractivity contribution is 5.75. The van der Waals surface area contributed by atoms with E-state index in [9.17, 15) is 9.65 Å². The highest BCUT2D eigenvalue weighted by Gasteiger charge is 2.33. The summed E-state index contributed by atoms with van der Waals surface area (Å²) in [7, 11) is 0. The van der Waals surface area contributed by atoms with Gasteiger partial charge in [0.25, 0.3) is 0 Å². The molecule has 0 saturated heterocycles. The van der Waals surface area contributed by atoms with E-state index in [1.165, 1.54) is 27.5 Å². The summed E-state index contributed by atoms with van der Waals surface area (Å²) < 4.78 is 18.2. The van der Waals surface area contributed by atoms with Crippen LogP contribution in [-0.2, 0) is 19.5 Å². The van der Waals surface area contributed by atoms with Gasteiger partial charge in [-0.2, -0.15) is 15.5 Å². The zero-order chi connectivity index (χ0) is 21.8. The third-order valence-electron chi connectivity index (χ3n) is 6.53. The number of hydrogen-bond donors (Lipinski definition) is 1. The Morgan fingerprint density at radius 3 is 2.88 bits per heavy atom. The van der Waals surface area contributed by atoms with E-state index in [4.69, 9.17) is 5.10 Å². The van der Waals surface area contributed by atoms with Gasteiger partial charge in [-0.15, -0.1) is 0 Å². The van der Waals surface area contributed by atoms with E-state index in [1.54, 1.807) is 6.07 Å². The van der Waals surface area contributed by atoms with Crippen LogP contribution < -0.4 is 10.2 Å². The number of pyridine rings is 2. The highest BCUT2D eigenvalue weighted by Crippen LogP contribution is 2.36. The van der Waals surface area contributed by atoms with E-state index in [2.05, 4.69) is 38.0 Å². The number of nitriles is 1. The number of nitrogens with zero attached hydrogens (tertiary/aromatic N) is 7. The molecule has 9 heteroatoms. The zero-order valence-electron chi connectivity index (χ0n) is 17.5. The van der Waals surface area contributed by atoms with Crippen LogP contribution in [0.1, 0.15) is 47.2 Å². The molecule has 0 fully saturated rings. The van der Waals surface area contributed by atoms with Crippen LogP contribution in [0.5, 0.6) is 0 Å². The molecule has 2 aliphatic rings. The lowest BCUT2D eigenvalue weighted by atomic mass is 9.93. The Labute approximate surface area is 183 Å². The molecule has 0 amide bonds. The van der Waals surface area contributed by atoms with Gasteiger partial charge in [-0.3, -0.25) is 9.67 Å². The standard InChI is InChI=1S/C23H21FN8/c1-14-12-30(21-3-2-16(9-25)32-23(21)18(24)10-28-32)13-22-17-8-19(15-4-6-26-7-5-15)27-11-20(17)29-31(14)22/h2-7,10,14,19,27H,8,11-13H2,1H3/t14-,19?/m1/s1. The average molecular weight is 428 g/mol. The minimum atomic E-state index is -0.423. The second kappa shape index (κ2) is 7.14. The van der Waals surface area contributed by atoms with Gasteiger partial charge in [0.2, 0.25) is 0 Å². The molecular formula is C23H21FN8. The molecule has 0 saturated carbocycles. The number of nitrogens with one attached hydrogen (secondary N) is 1. The Kier molecular flexibility index (Phi) is 4.23. The van der Waals surface area contributed by atoms with Crippen LogP contribution in [0.15, 0.2) is 42.9 Å². The summed E-state index contributed by atoms with van der Waals surface area (Å²) in [6.45, 7) is 4.17. The van der Waals surface area contributed by atoms with E-state index >= 15 is 0 Å². The average Bonchev–Trinajstić information content (AvgIpc) is 3.40. The quantitative estimate of drug-likeness (QED) is 0.528. The first kappa shape index (κ1) is 19.0. The molecule has 2 aliphatic heterocycles. The minimum Gasteiger partial charge on any atom is -0.362 e. The third kappa shape index (κ3) is 2.80. The molecular weight excluding hydrogens is 407 g/mol. The second-order valence-corrected chi connectivity index (χ2v) is 8.43. The maximum atomic E-state index is 14.7. The van der Waals surface area contributed by atoms with Gasteiger partial charge < -0.3 is 10.2 Å². The van der Waals surface area contributed by atoms with Crippen molar-refractivity contribution in [3.63, 3.8) is 0 Å². The van der Waals surface area contributed by atoms with Gasteiger partial charge in [-0.1, -0.05) is 0 Å². The Balaban J connectivity index is 1.40. The number of anilines is 1. The van der Waals surface area contributed by atoms with Crippen molar-refractivity contribution in [1.29, 1.82) is 5.26 Å². The van der Waals surface area contributed by atoms with E-state index < -0.39 is 5.82 Å². The van der Waals surface area contributed by atoms with Crippen LogP contribution >= 0.6 is 0 Å². The molecule has 160 valence electrons. The van der Waals surface area contributed by atoms with Crippen molar-refractivity contribution in [2.45, 2.75) is 38.5 Å². The van der Waals surface area contributed by atoms with Crippen LogP contribution in [0, 0.1) is 17.1 Å². The van der Waals surface area contributed by atoms with Gasteiger partial charge in [-0.05, 0) is 43.2 Å². The molecule has 0 radical (unpaired) electrons. The van der Waals surface area contributed by atoms with Gasteiger partial charge in [0, 0.05) is 37.1 Å². The maximum Gasteiger partial charge on any atom is 0.171 e. The highest BCUT2D eigenvalue weighted by atomic mass is 19.1. The van der Waals surface area contributed by atoms with Gasteiger partial charge >= 0.3 is 0 Å². The summed E-state index contributed by atoms with van der Waals surface area (Å²) in [4.78, 5) is 6.30. The van der Waals surface area contributed by atoms with Crippen LogP contribution in [0.4, 0.5) is 10.1 Å². The number of rotatable bonds is 2. The molecule has 6 heterocycles. The Morgan fingerprint density at radius 2 is 2.06 bits per heavy atom. The number of halogens is 1. The number of fused-ring (bicyclic) bond motifs is 4. The first-order chi connectivity index (χ1) is 15.6. The van der Waals surface area contributed by atoms with Gasteiger partial charge in [0.05, 0.1) is 35.9 Å². The molecule has 4 aromatic heterocycles. The lowest BCUT2D eigenvalue weighted by Gasteiger charge is -2.35. The van der Waals surface area contributed by atoms with Crippen LogP contribution in [0.3, 0.4) is 0 Å². The molecule has 4 aromatic rings. The van der Waals surface area contributed by atoms with Crippen molar-refractivity contribution in [2.75, 3.05) is 11.4 Å². The van der Waals surface area contributed by atoms with Crippen molar-refractivity contribution in [1.82, 2.24) is 29.7 Å². The SMILES string of the molecule is C[C@@H]1CN(c2ccc(C#N)n3ncc(F)c23)Cc2c3c(nn21)CNC(c1ccncc1)C3. The third-order valence-corrected chi connectivity index (χ3v) is 6.53. The van der Waals surface area contributed by atoms with Crippen molar-refractivity contribution in [3.8, 4) is 6.07 Å². The lowest BCUT2D eigenvalue weighted by molar-refractivity contribution is 0.423. The summed E-state index contributed by atoms with van der Waals surface area (Å²) in [6, 6.07) is 10.0. The molecule has 8 nitrogen and oxygen atoms in total. The Morgan fingerprint density at radius 1 is 1.22 bits per heavy atom. The van der Waals surface area contributed by atoms with Gasteiger partial charge in [0.1, 0.15) is 17.3 Å². The van der Waals surface area contributed by atoms with E-state index in [-0.39, 0.29) is 12.1 Å². The predicted molar refractivity (Wildman–Crippen MR) is 115 cm³/mol. The molecule has 0 aromatic carbocycles. The molecule has 0 spiro atoms. The van der Waals surface area contributed by atoms with Crippen LogP contribution in [0.25, 0.3) is 5.52 Å². The molecule has 2 atom stereocenters. The first-order valence-electron chi connectivity index (χ1n) is 10.7. The van der Waals surface area contributed by atoms with Gasteiger partial charge in [0.15, 0.2) is 5.82 Å². The van der Waals surface area contributed by atoms with Crippen LogP contribution in [-0.4, -0.2) is 30.9 Å². The van der Waals surface area contributed by atoms with Crippen molar-refractivity contribution in [2.24, 2.45) is 0 Å². The monoisotopic (exact) mass is 428 g/mol. The van der Waals surface area contributed by atoms with Crippen molar-refractivity contribution in [3.05, 3.63) is 76.9 Å². The molecule has 6 rings (SSSR count). The minimum absolute atomic E-state index is 0.130. The fourth-order valence-corrected chi connectivity index (χ4v) is 5.01. The Hall–Kier alpha value is -3.77. The zero-order valence-corrected chi connectivity index (χ0v) is 17.5. The molecule has 0 bridgehead atoms. The van der Waals surface area contributed by atoms with Crippen molar-refractivity contribution < 1.29 is 4.39 Å². The van der Waals surface area contributed by atoms with E-state index in [0.29, 0.717) is 30.8 Å². The molecule has 1 unspecified atom stereocenters. The van der Waals surface area contributed by atoms with E-state index in [1.807, 2.05) is 30.6 Å². The fourth-order valence-electron chi connectivity index (χ4n) is 5.01. The lowest BCUT2D eigenvalue weighted by Crippen LogP contribution is -2.37. The molecule has 32 heavy (non-hydrogen) atoms. The summed E-state index contributed by atoms with van der Waals surface area (Å²) in [5, 5.41) is 21.9. The molecule has 0 aliphatic carbocycles. The summed E-state index contributed by atoms with van der Waals surface area (Å²) in [5.74, 6) is -0.423. The van der Waals surface area contributed by atoms with Crippen LogP contribution in [0.2, 0.25) is 0 Å². The molecule has 1 N–H and O–H groups in total. The van der Waals surface area contributed by atoms with Crippen molar-refractivity contribution >= 4 is 11.2 Å².